The van der Waals surface area contributed by atoms with Gasteiger partial charge in [-0.25, -0.2) is 9.98 Å². The van der Waals surface area contributed by atoms with E-state index in [1.54, 1.807) is 17.7 Å². The van der Waals surface area contributed by atoms with Gasteiger partial charge in [-0.3, -0.25) is 10.7 Å². The quantitative estimate of drug-likeness (QED) is 0.377. The summed E-state index contributed by atoms with van der Waals surface area (Å²) in [6.07, 6.45) is 2.88. The van der Waals surface area contributed by atoms with Crippen LogP contribution < -0.4 is 5.48 Å². The number of nitrogens with one attached hydrogen (secondary N) is 1. The Balaban J connectivity index is 2.73. The molecule has 0 radical (unpaired) electrons. The highest BCUT2D eigenvalue weighted by molar-refractivity contribution is 5.57. The van der Waals surface area contributed by atoms with Crippen LogP contribution in [0.5, 0.6) is 0 Å². The fraction of sp³-hybridized carbons (Fsp3) is 0.143. The van der Waals surface area contributed by atoms with Crippen molar-refractivity contribution in [3.8, 4) is 0 Å². The Kier molecular flexibility index (Phi) is 2.57. The van der Waals surface area contributed by atoms with Crippen LogP contribution in [0.25, 0.3) is 0 Å². The van der Waals surface area contributed by atoms with E-state index < -0.39 is 0 Å². The number of aryl methyl sites for hydroxylation is 1. The summed E-state index contributed by atoms with van der Waals surface area (Å²) in [6, 6.07) is 3.67. The monoisotopic (exact) mass is 151 g/mol. The van der Waals surface area contributed by atoms with Gasteiger partial charge in [0, 0.05) is 6.20 Å². The Hall–Kier alpha value is -1.42. The average molecular weight is 151 g/mol. The van der Waals surface area contributed by atoms with E-state index in [4.69, 9.17) is 5.21 Å². The molecule has 0 aliphatic heterocycles. The second-order valence-corrected chi connectivity index (χ2v) is 2.08. The highest BCUT2D eigenvalue weighted by Gasteiger charge is 1.86. The van der Waals surface area contributed by atoms with Crippen molar-refractivity contribution in [1.82, 2.24) is 10.5 Å². The number of pyridine rings is 1. The highest BCUT2D eigenvalue weighted by atomic mass is 16.5. The zero-order chi connectivity index (χ0) is 8.10. The lowest BCUT2D eigenvalue weighted by Gasteiger charge is -1.92. The standard InChI is InChI=1S/C7H9N3O/c1-6-2-3-7(8-4-6)9-5-10-11/h2-5,11H,1H3,(H,8,9,10). The summed E-state index contributed by atoms with van der Waals surface area (Å²) >= 11 is 0. The van der Waals surface area contributed by atoms with Crippen LogP contribution in [0.15, 0.2) is 23.3 Å². The minimum atomic E-state index is 0.567. The van der Waals surface area contributed by atoms with Gasteiger partial charge in [-0.2, -0.15) is 0 Å². The van der Waals surface area contributed by atoms with Gasteiger partial charge < -0.3 is 0 Å². The maximum atomic E-state index is 8.16. The van der Waals surface area contributed by atoms with E-state index >= 15 is 0 Å². The van der Waals surface area contributed by atoms with Crippen LogP contribution in [-0.2, 0) is 0 Å². The van der Waals surface area contributed by atoms with Gasteiger partial charge in [-0.1, -0.05) is 6.07 Å². The fourth-order valence-corrected chi connectivity index (χ4v) is 0.631. The smallest absolute Gasteiger partial charge is 0.153 e. The topological polar surface area (TPSA) is 57.5 Å². The molecule has 0 fully saturated rings. The van der Waals surface area contributed by atoms with Gasteiger partial charge in [0.15, 0.2) is 5.82 Å². The molecule has 2 N–H and O–H groups in total. The SMILES string of the molecule is Cc1ccc(N=CNO)nc1. The molecule has 0 atom stereocenters. The molecule has 0 spiro atoms. The molecule has 1 heterocycles. The number of nitrogens with zero attached hydrogens (tertiary/aromatic N) is 2. The first-order chi connectivity index (χ1) is 5.33. The van der Waals surface area contributed by atoms with Crippen molar-refractivity contribution in [3.63, 3.8) is 0 Å². The minimum absolute atomic E-state index is 0.567. The molecule has 0 saturated carbocycles. The Morgan fingerprint density at radius 1 is 1.64 bits per heavy atom. The number of hydrogen-bond donors (Lipinski definition) is 2. The van der Waals surface area contributed by atoms with Crippen LogP contribution in [0.3, 0.4) is 0 Å². The Morgan fingerprint density at radius 3 is 3.00 bits per heavy atom. The van der Waals surface area contributed by atoms with Crippen molar-refractivity contribution in [2.24, 2.45) is 4.99 Å². The van der Waals surface area contributed by atoms with Crippen LogP contribution >= 0.6 is 0 Å². The Morgan fingerprint density at radius 2 is 2.45 bits per heavy atom. The molecule has 0 aromatic carbocycles. The number of aromatic nitrogens is 1. The van der Waals surface area contributed by atoms with E-state index in [0.29, 0.717) is 5.82 Å². The maximum Gasteiger partial charge on any atom is 0.153 e. The van der Waals surface area contributed by atoms with Gasteiger partial charge in [0.1, 0.15) is 6.34 Å². The molecular weight excluding hydrogens is 142 g/mol. The Bertz CT molecular complexity index is 242. The molecule has 0 amide bonds. The van der Waals surface area contributed by atoms with Crippen molar-refractivity contribution < 1.29 is 5.21 Å². The van der Waals surface area contributed by atoms with E-state index in [1.165, 1.54) is 0 Å². The first-order valence-corrected chi connectivity index (χ1v) is 3.18. The molecule has 4 heteroatoms. The van der Waals surface area contributed by atoms with Crippen LogP contribution in [0.1, 0.15) is 5.56 Å². The van der Waals surface area contributed by atoms with Gasteiger partial charge in [0.05, 0.1) is 0 Å². The number of hydroxylamine groups is 1. The maximum absolute atomic E-state index is 8.16. The zero-order valence-electron chi connectivity index (χ0n) is 6.15. The lowest BCUT2D eigenvalue weighted by atomic mass is 10.3. The summed E-state index contributed by atoms with van der Waals surface area (Å²) in [5.41, 5.74) is 2.88. The van der Waals surface area contributed by atoms with Crippen LogP contribution in [0.4, 0.5) is 5.82 Å². The van der Waals surface area contributed by atoms with Gasteiger partial charge in [0.25, 0.3) is 0 Å². The molecule has 4 nitrogen and oxygen atoms in total. The molecule has 1 aromatic heterocycles. The lowest BCUT2D eigenvalue weighted by molar-refractivity contribution is 0.240. The zero-order valence-corrected chi connectivity index (χ0v) is 6.15. The molecule has 0 aliphatic carbocycles. The summed E-state index contributed by atoms with van der Waals surface area (Å²) < 4.78 is 0. The van der Waals surface area contributed by atoms with Crippen molar-refractivity contribution in [3.05, 3.63) is 23.9 Å². The van der Waals surface area contributed by atoms with Gasteiger partial charge in [-0.05, 0) is 18.6 Å². The first kappa shape index (κ1) is 7.68. The molecule has 0 unspecified atom stereocenters. The molecule has 11 heavy (non-hydrogen) atoms. The Labute approximate surface area is 64.6 Å². The molecule has 0 aliphatic rings. The fourth-order valence-electron chi connectivity index (χ4n) is 0.631. The molecular formula is C7H9N3O. The lowest BCUT2D eigenvalue weighted by Crippen LogP contribution is -2.01. The number of aliphatic imine (C=N–C) groups is 1. The van der Waals surface area contributed by atoms with Crippen LogP contribution in [-0.4, -0.2) is 16.5 Å². The third kappa shape index (κ3) is 2.35. The summed E-state index contributed by atoms with van der Waals surface area (Å²) in [4.78, 5) is 7.74. The minimum Gasteiger partial charge on any atom is -0.290 e. The van der Waals surface area contributed by atoms with Crippen LogP contribution in [0.2, 0.25) is 0 Å². The predicted molar refractivity (Wildman–Crippen MR) is 42.0 cm³/mol. The van der Waals surface area contributed by atoms with E-state index in [2.05, 4.69) is 9.98 Å². The number of hydrogen-bond acceptors (Lipinski definition) is 3. The molecule has 1 rings (SSSR count). The predicted octanol–water partition coefficient (Wildman–Crippen LogP) is 1.03. The van der Waals surface area contributed by atoms with Gasteiger partial charge in [0.2, 0.25) is 0 Å². The average Bonchev–Trinajstić information content (AvgIpc) is 2.04. The molecule has 0 bridgehead atoms. The largest absolute Gasteiger partial charge is 0.290 e. The van der Waals surface area contributed by atoms with E-state index in [9.17, 15) is 0 Å². The van der Waals surface area contributed by atoms with Crippen molar-refractivity contribution in [2.75, 3.05) is 0 Å². The van der Waals surface area contributed by atoms with E-state index in [1.807, 2.05) is 13.0 Å². The third-order valence-electron chi connectivity index (χ3n) is 1.15. The molecule has 58 valence electrons. The second-order valence-electron chi connectivity index (χ2n) is 2.08. The second kappa shape index (κ2) is 3.68. The summed E-state index contributed by atoms with van der Waals surface area (Å²) in [5, 5.41) is 8.16. The first-order valence-electron chi connectivity index (χ1n) is 3.18. The highest BCUT2D eigenvalue weighted by Crippen LogP contribution is 2.05. The normalized spacial score (nSPS) is 10.4. The van der Waals surface area contributed by atoms with Gasteiger partial charge in [-0.15, -0.1) is 0 Å². The summed E-state index contributed by atoms with van der Waals surface area (Å²) in [7, 11) is 0. The van der Waals surface area contributed by atoms with Crippen molar-refractivity contribution in [2.45, 2.75) is 6.92 Å². The van der Waals surface area contributed by atoms with E-state index in [0.717, 1.165) is 11.9 Å². The third-order valence-corrected chi connectivity index (χ3v) is 1.15. The summed E-state index contributed by atoms with van der Waals surface area (Å²) in [6.45, 7) is 1.95. The number of rotatable bonds is 2. The van der Waals surface area contributed by atoms with E-state index in [-0.39, 0.29) is 0 Å². The van der Waals surface area contributed by atoms with Gasteiger partial charge >= 0.3 is 0 Å². The van der Waals surface area contributed by atoms with Crippen molar-refractivity contribution in [1.29, 1.82) is 0 Å². The summed E-state index contributed by atoms with van der Waals surface area (Å²) in [5.74, 6) is 0.567. The molecule has 1 aromatic rings. The molecule has 0 saturated heterocycles. The van der Waals surface area contributed by atoms with Crippen molar-refractivity contribution >= 4 is 12.2 Å². The van der Waals surface area contributed by atoms with Crippen LogP contribution in [0, 0.1) is 6.92 Å².